The van der Waals surface area contributed by atoms with Crippen LogP contribution >= 0.6 is 23.2 Å². The Labute approximate surface area is 134 Å². The molecule has 0 aliphatic heterocycles. The van der Waals surface area contributed by atoms with Crippen LogP contribution in [-0.2, 0) is 6.54 Å². The number of phenolic OH excluding ortho intramolecular Hbond substituents is 1. The van der Waals surface area contributed by atoms with Crippen LogP contribution in [0.2, 0.25) is 10.0 Å². The number of aromatic hydroxyl groups is 1. The van der Waals surface area contributed by atoms with Gasteiger partial charge in [0.25, 0.3) is 0 Å². The lowest BCUT2D eigenvalue weighted by molar-refractivity contribution is 0.373. The molecule has 3 nitrogen and oxygen atoms in total. The number of hydrogen-bond donors (Lipinski definition) is 2. The van der Waals surface area contributed by atoms with Crippen molar-refractivity contribution in [3.05, 3.63) is 57.6 Å². The van der Waals surface area contributed by atoms with Gasteiger partial charge in [-0.15, -0.1) is 0 Å². The number of benzene rings is 2. The standard InChI is InChI=1S/C16H17Cl2NO2/c1-10(12-4-5-13(17)14(18)8-12)19-9-11-3-6-16(21-2)15(20)7-11/h3-8,10,19-20H,9H2,1-2H3/t10-/m1/s1. The van der Waals surface area contributed by atoms with Gasteiger partial charge in [0.1, 0.15) is 0 Å². The van der Waals surface area contributed by atoms with E-state index in [1.807, 2.05) is 25.1 Å². The fourth-order valence-electron chi connectivity index (χ4n) is 2.02. The van der Waals surface area contributed by atoms with Gasteiger partial charge in [0.15, 0.2) is 11.5 Å². The summed E-state index contributed by atoms with van der Waals surface area (Å²) in [5.74, 6) is 0.607. The first kappa shape index (κ1) is 16.0. The number of halogens is 2. The van der Waals surface area contributed by atoms with Gasteiger partial charge in [0, 0.05) is 12.6 Å². The molecule has 0 aromatic heterocycles. The maximum Gasteiger partial charge on any atom is 0.160 e. The first-order valence-corrected chi connectivity index (χ1v) is 7.31. The van der Waals surface area contributed by atoms with Crippen LogP contribution in [0.5, 0.6) is 11.5 Å². The van der Waals surface area contributed by atoms with Gasteiger partial charge >= 0.3 is 0 Å². The number of phenols is 1. The van der Waals surface area contributed by atoms with Crippen LogP contribution in [0.4, 0.5) is 0 Å². The van der Waals surface area contributed by atoms with E-state index in [-0.39, 0.29) is 11.8 Å². The third-order valence-corrected chi connectivity index (χ3v) is 4.04. The van der Waals surface area contributed by atoms with Gasteiger partial charge < -0.3 is 15.2 Å². The third-order valence-electron chi connectivity index (χ3n) is 3.30. The number of ether oxygens (including phenoxy) is 1. The Morgan fingerprint density at radius 1 is 1.14 bits per heavy atom. The summed E-state index contributed by atoms with van der Waals surface area (Å²) >= 11 is 11.9. The highest BCUT2D eigenvalue weighted by Gasteiger charge is 2.08. The molecular weight excluding hydrogens is 309 g/mol. The Balaban J connectivity index is 2.01. The summed E-state index contributed by atoms with van der Waals surface area (Å²) in [4.78, 5) is 0. The molecule has 5 heteroatoms. The summed E-state index contributed by atoms with van der Waals surface area (Å²) in [5.41, 5.74) is 2.03. The van der Waals surface area contributed by atoms with Crippen LogP contribution in [0.15, 0.2) is 36.4 Å². The quantitative estimate of drug-likeness (QED) is 0.846. The predicted molar refractivity (Wildman–Crippen MR) is 86.4 cm³/mol. The van der Waals surface area contributed by atoms with Crippen molar-refractivity contribution in [2.45, 2.75) is 19.5 Å². The predicted octanol–water partition coefficient (Wildman–Crippen LogP) is 4.56. The average molecular weight is 326 g/mol. The van der Waals surface area contributed by atoms with Gasteiger partial charge in [-0.05, 0) is 42.3 Å². The van der Waals surface area contributed by atoms with E-state index >= 15 is 0 Å². The monoisotopic (exact) mass is 325 g/mol. The van der Waals surface area contributed by atoms with E-state index in [2.05, 4.69) is 5.32 Å². The maximum atomic E-state index is 9.76. The molecule has 2 N–H and O–H groups in total. The molecule has 0 aliphatic rings. The molecule has 0 amide bonds. The summed E-state index contributed by atoms with van der Waals surface area (Å²) < 4.78 is 5.02. The SMILES string of the molecule is COc1ccc(CN[C@H](C)c2ccc(Cl)c(Cl)c2)cc1O. The largest absolute Gasteiger partial charge is 0.504 e. The topological polar surface area (TPSA) is 41.5 Å². The first-order valence-electron chi connectivity index (χ1n) is 6.55. The van der Waals surface area contributed by atoms with E-state index in [0.29, 0.717) is 22.3 Å². The zero-order chi connectivity index (χ0) is 15.4. The normalized spacial score (nSPS) is 12.2. The van der Waals surface area contributed by atoms with Crippen molar-refractivity contribution < 1.29 is 9.84 Å². The second-order valence-electron chi connectivity index (χ2n) is 4.78. The summed E-state index contributed by atoms with van der Waals surface area (Å²) in [6.07, 6.45) is 0. The molecule has 0 fully saturated rings. The molecule has 0 bridgehead atoms. The Morgan fingerprint density at radius 3 is 2.52 bits per heavy atom. The highest BCUT2D eigenvalue weighted by molar-refractivity contribution is 6.42. The number of methoxy groups -OCH3 is 1. The first-order chi connectivity index (χ1) is 10.0. The van der Waals surface area contributed by atoms with E-state index in [0.717, 1.165) is 11.1 Å². The van der Waals surface area contributed by atoms with Crippen molar-refractivity contribution in [3.63, 3.8) is 0 Å². The highest BCUT2D eigenvalue weighted by Crippen LogP contribution is 2.27. The Hall–Kier alpha value is -1.42. The van der Waals surface area contributed by atoms with Crippen LogP contribution in [0.3, 0.4) is 0 Å². The Morgan fingerprint density at radius 2 is 1.90 bits per heavy atom. The smallest absolute Gasteiger partial charge is 0.160 e. The lowest BCUT2D eigenvalue weighted by Gasteiger charge is -2.15. The molecule has 2 aromatic carbocycles. The van der Waals surface area contributed by atoms with Gasteiger partial charge in [0.2, 0.25) is 0 Å². The summed E-state index contributed by atoms with van der Waals surface area (Å²) in [6, 6.07) is 11.0. The van der Waals surface area contributed by atoms with E-state index < -0.39 is 0 Å². The summed E-state index contributed by atoms with van der Waals surface area (Å²) in [7, 11) is 1.53. The fraction of sp³-hybridized carbons (Fsp3) is 0.250. The lowest BCUT2D eigenvalue weighted by atomic mass is 10.1. The van der Waals surface area contributed by atoms with Crippen LogP contribution in [-0.4, -0.2) is 12.2 Å². The van der Waals surface area contributed by atoms with Gasteiger partial charge in [-0.3, -0.25) is 0 Å². The van der Waals surface area contributed by atoms with Crippen molar-refractivity contribution in [2.24, 2.45) is 0 Å². The fourth-order valence-corrected chi connectivity index (χ4v) is 2.32. The molecule has 2 rings (SSSR count). The Kier molecular flexibility index (Phi) is 5.34. The van der Waals surface area contributed by atoms with Crippen molar-refractivity contribution in [1.29, 1.82) is 0 Å². The third kappa shape index (κ3) is 4.03. The highest BCUT2D eigenvalue weighted by atomic mass is 35.5. The van der Waals surface area contributed by atoms with E-state index in [1.54, 1.807) is 18.2 Å². The molecule has 0 spiro atoms. The molecule has 112 valence electrons. The molecule has 21 heavy (non-hydrogen) atoms. The minimum atomic E-state index is 0.115. The summed E-state index contributed by atoms with van der Waals surface area (Å²) in [6.45, 7) is 2.67. The van der Waals surface area contributed by atoms with Crippen LogP contribution in [0.25, 0.3) is 0 Å². The summed E-state index contributed by atoms with van der Waals surface area (Å²) in [5, 5.41) is 14.2. The number of rotatable bonds is 5. The van der Waals surface area contributed by atoms with Gasteiger partial charge in [-0.1, -0.05) is 35.3 Å². The zero-order valence-corrected chi connectivity index (χ0v) is 13.4. The van der Waals surface area contributed by atoms with Crippen molar-refractivity contribution >= 4 is 23.2 Å². The molecule has 1 atom stereocenters. The van der Waals surface area contributed by atoms with Crippen LogP contribution in [0, 0.1) is 0 Å². The van der Waals surface area contributed by atoms with E-state index in [4.69, 9.17) is 27.9 Å². The van der Waals surface area contributed by atoms with Crippen molar-refractivity contribution in [2.75, 3.05) is 7.11 Å². The minimum absolute atomic E-state index is 0.115. The number of nitrogens with one attached hydrogen (secondary N) is 1. The second kappa shape index (κ2) is 7.03. The van der Waals surface area contributed by atoms with Crippen LogP contribution in [0.1, 0.15) is 24.1 Å². The second-order valence-corrected chi connectivity index (χ2v) is 5.60. The van der Waals surface area contributed by atoms with Crippen LogP contribution < -0.4 is 10.1 Å². The average Bonchev–Trinajstić information content (AvgIpc) is 2.47. The van der Waals surface area contributed by atoms with Gasteiger partial charge in [0.05, 0.1) is 17.2 Å². The molecule has 0 saturated carbocycles. The molecular formula is C16H17Cl2NO2. The molecule has 0 heterocycles. The lowest BCUT2D eigenvalue weighted by Crippen LogP contribution is -2.18. The molecule has 0 saturated heterocycles. The zero-order valence-electron chi connectivity index (χ0n) is 11.9. The van der Waals surface area contributed by atoms with Crippen molar-refractivity contribution in [3.8, 4) is 11.5 Å². The molecule has 0 aliphatic carbocycles. The van der Waals surface area contributed by atoms with Gasteiger partial charge in [-0.2, -0.15) is 0 Å². The van der Waals surface area contributed by atoms with Gasteiger partial charge in [-0.25, -0.2) is 0 Å². The van der Waals surface area contributed by atoms with E-state index in [9.17, 15) is 5.11 Å². The molecule has 2 aromatic rings. The van der Waals surface area contributed by atoms with Crippen molar-refractivity contribution in [1.82, 2.24) is 5.32 Å². The maximum absolute atomic E-state index is 9.76. The number of hydrogen-bond acceptors (Lipinski definition) is 3. The Bertz CT molecular complexity index is 632. The minimum Gasteiger partial charge on any atom is -0.504 e. The van der Waals surface area contributed by atoms with E-state index in [1.165, 1.54) is 7.11 Å². The molecule has 0 unspecified atom stereocenters. The molecule has 0 radical (unpaired) electrons.